The van der Waals surface area contributed by atoms with Crippen LogP contribution in [-0.2, 0) is 9.47 Å². The molecule has 0 aliphatic heterocycles. The third kappa shape index (κ3) is 4.26. The van der Waals surface area contributed by atoms with Crippen LogP contribution in [0.1, 0.15) is 49.4 Å². The van der Waals surface area contributed by atoms with Crippen molar-refractivity contribution < 1.29 is 23.9 Å². The van der Waals surface area contributed by atoms with Gasteiger partial charge in [0.15, 0.2) is 6.61 Å². The van der Waals surface area contributed by atoms with Crippen LogP contribution in [0.2, 0.25) is 10.0 Å². The second kappa shape index (κ2) is 8.38. The molecule has 0 fully saturated rings. The van der Waals surface area contributed by atoms with Crippen molar-refractivity contribution in [3.63, 3.8) is 0 Å². The van der Waals surface area contributed by atoms with Gasteiger partial charge in [-0.2, -0.15) is 0 Å². The fourth-order valence-electron chi connectivity index (χ4n) is 2.52. The van der Waals surface area contributed by atoms with Gasteiger partial charge in [-0.05, 0) is 39.0 Å². The summed E-state index contributed by atoms with van der Waals surface area (Å²) in [5, 5.41) is 0.496. The average Bonchev–Trinajstić information content (AvgIpc) is 2.86. The first kappa shape index (κ1) is 20.0. The summed E-state index contributed by atoms with van der Waals surface area (Å²) in [6, 6.07) is 4.30. The van der Waals surface area contributed by atoms with Crippen molar-refractivity contribution in [3.8, 4) is 0 Å². The van der Waals surface area contributed by atoms with Gasteiger partial charge in [0.05, 0.1) is 28.3 Å². The van der Waals surface area contributed by atoms with Crippen molar-refractivity contribution in [1.82, 2.24) is 4.98 Å². The van der Waals surface area contributed by atoms with E-state index in [9.17, 15) is 14.4 Å². The molecular formula is C18H17Cl2NO5. The first-order chi connectivity index (χ1) is 12.3. The van der Waals surface area contributed by atoms with Crippen LogP contribution in [0, 0.1) is 13.8 Å². The zero-order chi connectivity index (χ0) is 19.4. The first-order valence-electron chi connectivity index (χ1n) is 7.77. The summed E-state index contributed by atoms with van der Waals surface area (Å²) in [7, 11) is 0. The number of ether oxygens (including phenoxy) is 2. The van der Waals surface area contributed by atoms with Crippen LogP contribution in [0.15, 0.2) is 18.2 Å². The molecule has 0 aliphatic carbocycles. The third-order valence-corrected chi connectivity index (χ3v) is 4.17. The molecule has 6 nitrogen and oxygen atoms in total. The number of carbonyl (C=O) groups excluding carboxylic acids is 3. The highest BCUT2D eigenvalue weighted by atomic mass is 35.5. The highest BCUT2D eigenvalue weighted by molar-refractivity contribution is 6.36. The molecule has 8 heteroatoms. The van der Waals surface area contributed by atoms with Gasteiger partial charge >= 0.3 is 11.9 Å². The van der Waals surface area contributed by atoms with Crippen LogP contribution < -0.4 is 0 Å². The smallest absolute Gasteiger partial charge is 0.340 e. The van der Waals surface area contributed by atoms with Crippen molar-refractivity contribution in [3.05, 3.63) is 56.3 Å². The summed E-state index contributed by atoms with van der Waals surface area (Å²) < 4.78 is 10.0. The molecule has 0 spiro atoms. The Morgan fingerprint density at radius 2 is 1.65 bits per heavy atom. The number of H-pyrrole nitrogens is 1. The van der Waals surface area contributed by atoms with Gasteiger partial charge in [-0.3, -0.25) is 4.79 Å². The Hall–Kier alpha value is -2.31. The lowest BCUT2D eigenvalue weighted by Crippen LogP contribution is -2.18. The Labute approximate surface area is 160 Å². The number of esters is 2. The van der Waals surface area contributed by atoms with E-state index in [4.69, 9.17) is 32.7 Å². The molecule has 1 aromatic heterocycles. The zero-order valence-corrected chi connectivity index (χ0v) is 16.0. The molecule has 26 heavy (non-hydrogen) atoms. The number of hydrogen-bond acceptors (Lipinski definition) is 5. The highest BCUT2D eigenvalue weighted by Gasteiger charge is 2.26. The topological polar surface area (TPSA) is 85.5 Å². The van der Waals surface area contributed by atoms with Gasteiger partial charge in [-0.25, -0.2) is 9.59 Å². The predicted molar refractivity (Wildman–Crippen MR) is 97.3 cm³/mol. The van der Waals surface area contributed by atoms with Crippen LogP contribution in [0.4, 0.5) is 0 Å². The lowest BCUT2D eigenvalue weighted by molar-refractivity contribution is 0.0472. The van der Waals surface area contributed by atoms with E-state index in [1.807, 2.05) is 0 Å². The molecule has 2 aromatic rings. The van der Waals surface area contributed by atoms with E-state index in [0.29, 0.717) is 16.4 Å². The summed E-state index contributed by atoms with van der Waals surface area (Å²) in [5.41, 5.74) is 1.40. The molecule has 1 heterocycles. The molecule has 2 rings (SSSR count). The zero-order valence-electron chi connectivity index (χ0n) is 14.4. The minimum Gasteiger partial charge on any atom is -0.462 e. The van der Waals surface area contributed by atoms with E-state index in [2.05, 4.69) is 4.98 Å². The van der Waals surface area contributed by atoms with E-state index in [1.54, 1.807) is 20.8 Å². The van der Waals surface area contributed by atoms with Gasteiger partial charge in [0.1, 0.15) is 0 Å². The Bertz CT molecular complexity index is 873. The number of halogens is 2. The Kier molecular flexibility index (Phi) is 6.45. The molecule has 0 saturated carbocycles. The van der Waals surface area contributed by atoms with Crippen LogP contribution in [-0.4, -0.2) is 35.9 Å². The molecule has 0 aliphatic rings. The number of Topliss-reactive ketones (excluding diaryl/α,β-unsaturated/α-hetero) is 1. The molecule has 1 aromatic carbocycles. The molecule has 0 radical (unpaired) electrons. The Morgan fingerprint density at radius 1 is 1.00 bits per heavy atom. The van der Waals surface area contributed by atoms with Gasteiger partial charge in [0, 0.05) is 16.4 Å². The van der Waals surface area contributed by atoms with E-state index < -0.39 is 24.3 Å². The van der Waals surface area contributed by atoms with Crippen LogP contribution in [0.25, 0.3) is 0 Å². The summed E-state index contributed by atoms with van der Waals surface area (Å²) >= 11 is 11.7. The quantitative estimate of drug-likeness (QED) is 0.584. The van der Waals surface area contributed by atoms with Crippen molar-refractivity contribution in [2.45, 2.75) is 20.8 Å². The maximum Gasteiger partial charge on any atom is 0.340 e. The highest BCUT2D eigenvalue weighted by Crippen LogP contribution is 2.23. The normalized spacial score (nSPS) is 10.5. The predicted octanol–water partition coefficient (Wildman–Crippen LogP) is 4.15. The number of ketones is 1. The van der Waals surface area contributed by atoms with E-state index in [1.165, 1.54) is 18.2 Å². The summed E-state index contributed by atoms with van der Waals surface area (Å²) in [6.07, 6.45) is 0. The van der Waals surface area contributed by atoms with Crippen LogP contribution >= 0.6 is 23.2 Å². The number of hydrogen-bond donors (Lipinski definition) is 1. The minimum atomic E-state index is -0.761. The average molecular weight is 398 g/mol. The second-order valence-corrected chi connectivity index (χ2v) is 6.31. The SMILES string of the molecule is CCOC(=O)c1c(C)[nH]c(C)c1C(=O)COC(=O)c1ccc(Cl)cc1Cl. The third-order valence-electron chi connectivity index (χ3n) is 3.62. The number of aromatic amines is 1. The van der Waals surface area contributed by atoms with Gasteiger partial charge < -0.3 is 14.5 Å². The standard InChI is InChI=1S/C18H17Cl2NO5/c1-4-25-18(24)16-10(3)21-9(2)15(16)14(22)8-26-17(23)12-6-5-11(19)7-13(12)20/h5-7,21H,4,8H2,1-3H3. The molecule has 0 unspecified atom stereocenters. The Balaban J connectivity index is 2.18. The van der Waals surface area contributed by atoms with Gasteiger partial charge in [-0.1, -0.05) is 23.2 Å². The maximum absolute atomic E-state index is 12.5. The molecular weight excluding hydrogens is 381 g/mol. The molecule has 0 amide bonds. The number of nitrogens with one attached hydrogen (secondary N) is 1. The summed E-state index contributed by atoms with van der Waals surface area (Å²) in [4.78, 5) is 39.7. The lowest BCUT2D eigenvalue weighted by atomic mass is 10.1. The molecule has 0 saturated heterocycles. The molecule has 1 N–H and O–H groups in total. The molecule has 138 valence electrons. The molecule has 0 bridgehead atoms. The van der Waals surface area contributed by atoms with E-state index in [0.717, 1.165) is 0 Å². The monoisotopic (exact) mass is 397 g/mol. The number of aryl methyl sites for hydroxylation is 2. The number of benzene rings is 1. The summed E-state index contributed by atoms with van der Waals surface area (Å²) in [5.74, 6) is -1.89. The fourth-order valence-corrected chi connectivity index (χ4v) is 3.01. The summed E-state index contributed by atoms with van der Waals surface area (Å²) in [6.45, 7) is 4.63. The Morgan fingerprint density at radius 3 is 2.27 bits per heavy atom. The minimum absolute atomic E-state index is 0.0939. The largest absolute Gasteiger partial charge is 0.462 e. The van der Waals surface area contributed by atoms with Crippen molar-refractivity contribution in [1.29, 1.82) is 0 Å². The van der Waals surface area contributed by atoms with Gasteiger partial charge in [-0.15, -0.1) is 0 Å². The lowest BCUT2D eigenvalue weighted by Gasteiger charge is -2.08. The fraction of sp³-hybridized carbons (Fsp3) is 0.278. The maximum atomic E-state index is 12.5. The van der Waals surface area contributed by atoms with Crippen LogP contribution in [0.5, 0.6) is 0 Å². The van der Waals surface area contributed by atoms with Gasteiger partial charge in [0.25, 0.3) is 0 Å². The van der Waals surface area contributed by atoms with Crippen molar-refractivity contribution in [2.24, 2.45) is 0 Å². The van der Waals surface area contributed by atoms with E-state index >= 15 is 0 Å². The number of rotatable bonds is 6. The number of aromatic nitrogens is 1. The van der Waals surface area contributed by atoms with Crippen LogP contribution in [0.3, 0.4) is 0 Å². The second-order valence-electron chi connectivity index (χ2n) is 5.47. The molecule has 0 atom stereocenters. The van der Waals surface area contributed by atoms with Crippen molar-refractivity contribution >= 4 is 40.9 Å². The van der Waals surface area contributed by atoms with Gasteiger partial charge in [0.2, 0.25) is 5.78 Å². The van der Waals surface area contributed by atoms with Crippen molar-refractivity contribution in [2.75, 3.05) is 13.2 Å². The number of carbonyl (C=O) groups is 3. The first-order valence-corrected chi connectivity index (χ1v) is 8.53. The van der Waals surface area contributed by atoms with E-state index in [-0.39, 0.29) is 28.3 Å².